The summed E-state index contributed by atoms with van der Waals surface area (Å²) in [6.07, 6.45) is 1.66. The van der Waals surface area contributed by atoms with Gasteiger partial charge in [0.1, 0.15) is 5.82 Å². The van der Waals surface area contributed by atoms with Gasteiger partial charge in [-0.3, -0.25) is 0 Å². The fourth-order valence-electron chi connectivity index (χ4n) is 2.70. The van der Waals surface area contributed by atoms with Gasteiger partial charge in [-0.05, 0) is 36.8 Å². The van der Waals surface area contributed by atoms with Gasteiger partial charge in [0.2, 0.25) is 0 Å². The molecule has 5 heteroatoms. The largest absolute Gasteiger partial charge is 0.416 e. The predicted molar refractivity (Wildman–Crippen MR) is 68.9 cm³/mol. The van der Waals surface area contributed by atoms with Crippen molar-refractivity contribution in [1.29, 1.82) is 0 Å². The van der Waals surface area contributed by atoms with Crippen molar-refractivity contribution >= 4 is 5.82 Å². The lowest BCUT2D eigenvalue weighted by molar-refractivity contribution is -0.137. The zero-order valence-corrected chi connectivity index (χ0v) is 11.0. The van der Waals surface area contributed by atoms with Crippen LogP contribution in [0.4, 0.5) is 19.0 Å². The number of nitrogens with one attached hydrogen (secondary N) is 1. The van der Waals surface area contributed by atoms with Crippen molar-refractivity contribution in [2.45, 2.75) is 38.8 Å². The normalized spacial score (nSPS) is 24.2. The number of anilines is 1. The number of alkyl halides is 3. The van der Waals surface area contributed by atoms with Crippen LogP contribution in [0.15, 0.2) is 18.3 Å². The third-order valence-corrected chi connectivity index (χ3v) is 3.70. The number of halogens is 3. The van der Waals surface area contributed by atoms with Gasteiger partial charge in [0.15, 0.2) is 0 Å². The highest BCUT2D eigenvalue weighted by atomic mass is 19.4. The average Bonchev–Trinajstić information content (AvgIpc) is 2.36. The molecule has 1 aliphatic carbocycles. The van der Waals surface area contributed by atoms with Crippen molar-refractivity contribution in [1.82, 2.24) is 4.98 Å². The van der Waals surface area contributed by atoms with Gasteiger partial charge >= 0.3 is 6.18 Å². The fraction of sp³-hybridized carbons (Fsp3) is 0.643. The Morgan fingerprint density at radius 2 is 2.16 bits per heavy atom. The highest BCUT2D eigenvalue weighted by molar-refractivity contribution is 5.38. The minimum atomic E-state index is -4.31. The molecule has 19 heavy (non-hydrogen) atoms. The van der Waals surface area contributed by atoms with Gasteiger partial charge in [-0.1, -0.05) is 19.8 Å². The first kappa shape index (κ1) is 14.2. The van der Waals surface area contributed by atoms with Crippen LogP contribution < -0.4 is 5.32 Å². The van der Waals surface area contributed by atoms with Crippen molar-refractivity contribution in [3.63, 3.8) is 0 Å². The number of nitrogens with zero attached hydrogens (tertiary/aromatic N) is 1. The summed E-state index contributed by atoms with van der Waals surface area (Å²) in [5, 5.41) is 3.04. The molecule has 0 bridgehead atoms. The van der Waals surface area contributed by atoms with E-state index in [-0.39, 0.29) is 0 Å². The monoisotopic (exact) mass is 272 g/mol. The molecule has 0 aliphatic heterocycles. The van der Waals surface area contributed by atoms with Crippen molar-refractivity contribution in [2.75, 3.05) is 11.9 Å². The molecular formula is C14H19F3N2. The lowest BCUT2D eigenvalue weighted by atomic mass is 9.82. The topological polar surface area (TPSA) is 24.9 Å². The number of hydrogen-bond acceptors (Lipinski definition) is 2. The van der Waals surface area contributed by atoms with E-state index in [1.54, 1.807) is 0 Å². The summed E-state index contributed by atoms with van der Waals surface area (Å²) in [4.78, 5) is 3.95. The number of hydrogen-bond donors (Lipinski definition) is 1. The van der Waals surface area contributed by atoms with E-state index in [4.69, 9.17) is 0 Å². The summed E-state index contributed by atoms with van der Waals surface area (Å²) < 4.78 is 37.7. The van der Waals surface area contributed by atoms with E-state index in [1.807, 2.05) is 0 Å². The highest BCUT2D eigenvalue weighted by Gasteiger charge is 2.30. The molecule has 1 saturated carbocycles. The van der Waals surface area contributed by atoms with E-state index in [0.717, 1.165) is 30.9 Å². The summed E-state index contributed by atoms with van der Waals surface area (Å²) in [5.41, 5.74) is -0.651. The van der Waals surface area contributed by atoms with Gasteiger partial charge in [-0.15, -0.1) is 0 Å². The molecular weight excluding hydrogens is 253 g/mol. The molecule has 1 fully saturated rings. The van der Waals surface area contributed by atoms with Crippen LogP contribution in [0.5, 0.6) is 0 Å². The molecule has 0 amide bonds. The molecule has 1 aromatic rings. The fourth-order valence-corrected chi connectivity index (χ4v) is 2.70. The van der Waals surface area contributed by atoms with Gasteiger partial charge in [0.05, 0.1) is 5.56 Å². The molecule has 0 aromatic carbocycles. The average molecular weight is 272 g/mol. The lowest BCUT2D eigenvalue weighted by Crippen LogP contribution is -2.21. The molecule has 0 radical (unpaired) electrons. The molecule has 2 rings (SSSR count). The summed E-state index contributed by atoms with van der Waals surface area (Å²) in [5.74, 6) is 1.57. The Bertz CT molecular complexity index is 417. The molecule has 1 aromatic heterocycles. The Hall–Kier alpha value is -1.26. The maximum atomic E-state index is 12.6. The number of rotatable bonds is 3. The van der Waals surface area contributed by atoms with E-state index < -0.39 is 11.7 Å². The third kappa shape index (κ3) is 4.11. The maximum Gasteiger partial charge on any atom is 0.416 e. The Labute approximate surface area is 111 Å². The van der Waals surface area contributed by atoms with Crippen LogP contribution in [-0.2, 0) is 6.18 Å². The van der Waals surface area contributed by atoms with E-state index in [2.05, 4.69) is 17.2 Å². The Balaban J connectivity index is 1.92. The molecule has 2 atom stereocenters. The highest BCUT2D eigenvalue weighted by Crippen LogP contribution is 2.31. The zero-order chi connectivity index (χ0) is 13.9. The predicted octanol–water partition coefficient (Wildman–Crippen LogP) is 4.34. The van der Waals surface area contributed by atoms with Crippen LogP contribution in [0.2, 0.25) is 0 Å². The molecule has 0 saturated heterocycles. The van der Waals surface area contributed by atoms with Crippen LogP contribution in [0.3, 0.4) is 0 Å². The van der Waals surface area contributed by atoms with Gasteiger partial charge < -0.3 is 5.32 Å². The minimum Gasteiger partial charge on any atom is -0.370 e. The quantitative estimate of drug-likeness (QED) is 0.885. The standard InChI is InChI=1S/C14H19F3N2/c1-10-3-2-4-11(7-10)9-19-13-8-12(5-6-18-13)14(15,16)17/h5-6,8,10-11H,2-4,7,9H2,1H3,(H,18,19). The van der Waals surface area contributed by atoms with Crippen LogP contribution in [-0.4, -0.2) is 11.5 Å². The minimum absolute atomic E-state index is 0.313. The zero-order valence-electron chi connectivity index (χ0n) is 11.0. The van der Waals surface area contributed by atoms with Crippen molar-refractivity contribution in [3.05, 3.63) is 23.9 Å². The first-order valence-corrected chi connectivity index (χ1v) is 6.72. The van der Waals surface area contributed by atoms with Crippen LogP contribution in [0, 0.1) is 11.8 Å². The van der Waals surface area contributed by atoms with Crippen molar-refractivity contribution in [3.8, 4) is 0 Å². The van der Waals surface area contributed by atoms with Gasteiger partial charge in [-0.25, -0.2) is 4.98 Å². The second-order valence-electron chi connectivity index (χ2n) is 5.45. The second kappa shape index (κ2) is 5.80. The van der Waals surface area contributed by atoms with E-state index in [0.29, 0.717) is 18.3 Å². The Morgan fingerprint density at radius 3 is 2.84 bits per heavy atom. The molecule has 1 aliphatic rings. The van der Waals surface area contributed by atoms with Crippen molar-refractivity contribution < 1.29 is 13.2 Å². The Kier molecular flexibility index (Phi) is 4.32. The van der Waals surface area contributed by atoms with E-state index >= 15 is 0 Å². The van der Waals surface area contributed by atoms with E-state index in [1.165, 1.54) is 19.0 Å². The van der Waals surface area contributed by atoms with Gasteiger partial charge in [0, 0.05) is 12.7 Å². The summed E-state index contributed by atoms with van der Waals surface area (Å²) >= 11 is 0. The van der Waals surface area contributed by atoms with Gasteiger partial charge in [0.25, 0.3) is 0 Å². The molecule has 2 nitrogen and oxygen atoms in total. The molecule has 0 spiro atoms. The second-order valence-corrected chi connectivity index (χ2v) is 5.45. The molecule has 2 unspecified atom stereocenters. The summed E-state index contributed by atoms with van der Waals surface area (Å²) in [6, 6.07) is 2.07. The third-order valence-electron chi connectivity index (χ3n) is 3.70. The Morgan fingerprint density at radius 1 is 1.37 bits per heavy atom. The summed E-state index contributed by atoms with van der Waals surface area (Å²) in [6.45, 7) is 2.94. The first-order valence-electron chi connectivity index (χ1n) is 6.72. The van der Waals surface area contributed by atoms with Crippen LogP contribution >= 0.6 is 0 Å². The molecule has 1 heterocycles. The first-order chi connectivity index (χ1) is 8.95. The SMILES string of the molecule is CC1CCCC(CNc2cc(C(F)(F)F)ccn2)C1. The molecule has 1 N–H and O–H groups in total. The number of pyridine rings is 1. The van der Waals surface area contributed by atoms with Crippen LogP contribution in [0.25, 0.3) is 0 Å². The van der Waals surface area contributed by atoms with Gasteiger partial charge in [-0.2, -0.15) is 13.2 Å². The molecule has 106 valence electrons. The number of aromatic nitrogens is 1. The van der Waals surface area contributed by atoms with Crippen molar-refractivity contribution in [2.24, 2.45) is 11.8 Å². The maximum absolute atomic E-state index is 12.6. The van der Waals surface area contributed by atoms with Crippen LogP contribution in [0.1, 0.15) is 38.2 Å². The van der Waals surface area contributed by atoms with E-state index in [9.17, 15) is 13.2 Å². The lowest BCUT2D eigenvalue weighted by Gasteiger charge is -2.27. The summed E-state index contributed by atoms with van der Waals surface area (Å²) in [7, 11) is 0. The smallest absolute Gasteiger partial charge is 0.370 e.